The van der Waals surface area contributed by atoms with Crippen LogP contribution in [0.1, 0.15) is 6.42 Å². The third-order valence-electron chi connectivity index (χ3n) is 2.88. The second-order valence-corrected chi connectivity index (χ2v) is 7.53. The predicted octanol–water partition coefficient (Wildman–Crippen LogP) is 3.56. The molecule has 0 fully saturated rings. The molecule has 0 aliphatic rings. The van der Waals surface area contributed by atoms with E-state index in [4.69, 9.17) is 0 Å². The van der Waals surface area contributed by atoms with Gasteiger partial charge in [0.1, 0.15) is 22.3 Å². The maximum atomic E-state index is 13.5. The summed E-state index contributed by atoms with van der Waals surface area (Å²) in [7, 11) is -4.09. The lowest BCUT2D eigenvalue weighted by Gasteiger charge is -2.08. The van der Waals surface area contributed by atoms with Gasteiger partial charge >= 0.3 is 0 Å². The number of rotatable bonds is 7. The summed E-state index contributed by atoms with van der Waals surface area (Å²) < 4.78 is 65.3. The molecule has 2 aromatic carbocycles. The molecule has 0 aromatic heterocycles. The van der Waals surface area contributed by atoms with Crippen molar-refractivity contribution in [3.8, 4) is 0 Å². The molecule has 2 aromatic rings. The van der Waals surface area contributed by atoms with Crippen molar-refractivity contribution in [3.63, 3.8) is 0 Å². The first-order valence-corrected chi connectivity index (χ1v) is 9.18. The third-order valence-corrected chi connectivity index (χ3v) is 5.45. The zero-order valence-corrected chi connectivity index (χ0v) is 13.6. The van der Waals surface area contributed by atoms with Crippen LogP contribution >= 0.6 is 11.8 Å². The summed E-state index contributed by atoms with van der Waals surface area (Å²) in [5.41, 5.74) is 0. The zero-order chi connectivity index (χ0) is 16.9. The Kier molecular flexibility index (Phi) is 6.09. The van der Waals surface area contributed by atoms with Crippen LogP contribution in [0.25, 0.3) is 0 Å². The second kappa shape index (κ2) is 7.85. The van der Waals surface area contributed by atoms with Crippen molar-refractivity contribution in [3.05, 3.63) is 59.9 Å². The highest BCUT2D eigenvalue weighted by Crippen LogP contribution is 2.19. The van der Waals surface area contributed by atoms with Crippen molar-refractivity contribution in [2.24, 2.45) is 0 Å². The number of hydrogen-bond donors (Lipinski definition) is 1. The van der Waals surface area contributed by atoms with Gasteiger partial charge < -0.3 is 0 Å². The van der Waals surface area contributed by atoms with E-state index in [0.717, 1.165) is 17.0 Å². The molecular weight excluding hydrogens is 347 g/mol. The highest BCUT2D eigenvalue weighted by Gasteiger charge is 2.19. The molecule has 2 rings (SSSR count). The van der Waals surface area contributed by atoms with Gasteiger partial charge in [0.15, 0.2) is 0 Å². The summed E-state index contributed by atoms with van der Waals surface area (Å²) in [6.07, 6.45) is 0.484. The Labute approximate surface area is 137 Å². The fourth-order valence-electron chi connectivity index (χ4n) is 1.76. The number of sulfonamides is 1. The number of hydrogen-bond acceptors (Lipinski definition) is 3. The molecule has 0 bridgehead atoms. The fourth-order valence-corrected chi connectivity index (χ4v) is 3.77. The second-order valence-electron chi connectivity index (χ2n) is 4.63. The van der Waals surface area contributed by atoms with E-state index >= 15 is 0 Å². The monoisotopic (exact) mass is 361 g/mol. The summed E-state index contributed by atoms with van der Waals surface area (Å²) in [5.74, 6) is -1.54. The number of thioether (sulfide) groups is 1. The molecule has 3 nitrogen and oxygen atoms in total. The molecule has 0 atom stereocenters. The fraction of sp³-hybridized carbons (Fsp3) is 0.200. The summed E-state index contributed by atoms with van der Waals surface area (Å²) in [4.78, 5) is 0.161. The van der Waals surface area contributed by atoms with Gasteiger partial charge in [-0.3, -0.25) is 0 Å². The van der Waals surface area contributed by atoms with Crippen LogP contribution in [-0.2, 0) is 10.0 Å². The van der Waals surface area contributed by atoms with Crippen LogP contribution in [-0.4, -0.2) is 20.7 Å². The van der Waals surface area contributed by atoms with Crippen LogP contribution in [0.4, 0.5) is 13.2 Å². The van der Waals surface area contributed by atoms with E-state index in [9.17, 15) is 21.6 Å². The van der Waals surface area contributed by atoms with Gasteiger partial charge in [-0.15, -0.1) is 11.8 Å². The Morgan fingerprint density at radius 2 is 1.61 bits per heavy atom. The Morgan fingerprint density at radius 1 is 0.957 bits per heavy atom. The Morgan fingerprint density at radius 3 is 2.30 bits per heavy atom. The van der Waals surface area contributed by atoms with E-state index in [1.54, 1.807) is 12.1 Å². The van der Waals surface area contributed by atoms with E-state index in [1.165, 1.54) is 23.9 Å². The van der Waals surface area contributed by atoms with Gasteiger partial charge in [0, 0.05) is 11.4 Å². The summed E-state index contributed by atoms with van der Waals surface area (Å²) in [5, 5.41) is 0. The first kappa shape index (κ1) is 17.8. The third kappa shape index (κ3) is 5.26. The van der Waals surface area contributed by atoms with E-state index < -0.39 is 26.6 Å². The molecule has 23 heavy (non-hydrogen) atoms. The van der Waals surface area contributed by atoms with Gasteiger partial charge in [0.2, 0.25) is 10.0 Å². The molecule has 0 spiro atoms. The van der Waals surface area contributed by atoms with Gasteiger partial charge in [-0.05, 0) is 54.6 Å². The van der Waals surface area contributed by atoms with E-state index in [1.807, 2.05) is 0 Å². The number of halogens is 3. The van der Waals surface area contributed by atoms with Crippen molar-refractivity contribution < 1.29 is 21.6 Å². The minimum Gasteiger partial charge on any atom is -0.211 e. The van der Waals surface area contributed by atoms with Crippen molar-refractivity contribution in [2.75, 3.05) is 12.3 Å². The Bertz CT molecular complexity index is 765. The van der Waals surface area contributed by atoms with Crippen molar-refractivity contribution in [1.29, 1.82) is 0 Å². The van der Waals surface area contributed by atoms with Crippen LogP contribution in [0.5, 0.6) is 0 Å². The van der Waals surface area contributed by atoms with Crippen LogP contribution in [0.15, 0.2) is 52.3 Å². The molecule has 124 valence electrons. The van der Waals surface area contributed by atoms with Crippen LogP contribution in [0.2, 0.25) is 0 Å². The topological polar surface area (TPSA) is 46.2 Å². The van der Waals surface area contributed by atoms with Gasteiger partial charge in [0.25, 0.3) is 0 Å². The molecule has 0 saturated carbocycles. The van der Waals surface area contributed by atoms with Gasteiger partial charge in [0.05, 0.1) is 0 Å². The average molecular weight is 361 g/mol. The molecule has 0 amide bonds. The molecule has 0 heterocycles. The van der Waals surface area contributed by atoms with Gasteiger partial charge in [-0.25, -0.2) is 26.3 Å². The molecule has 8 heteroatoms. The highest BCUT2D eigenvalue weighted by atomic mass is 32.2. The zero-order valence-electron chi connectivity index (χ0n) is 11.9. The Balaban J connectivity index is 1.83. The van der Waals surface area contributed by atoms with Gasteiger partial charge in [-0.2, -0.15) is 0 Å². The number of benzene rings is 2. The molecule has 0 unspecified atom stereocenters. The first-order valence-electron chi connectivity index (χ1n) is 6.71. The smallest absolute Gasteiger partial charge is 0.211 e. The standard InChI is InChI=1S/C15H14F3NO2S2/c16-11-2-5-13(6-3-11)22-9-1-8-19-23(20,21)15-10-12(17)4-7-14(15)18/h2-7,10,19H,1,8-9H2. The van der Waals surface area contributed by atoms with Crippen molar-refractivity contribution in [2.45, 2.75) is 16.2 Å². The largest absolute Gasteiger partial charge is 0.243 e. The Hall–Kier alpha value is -1.51. The van der Waals surface area contributed by atoms with Crippen LogP contribution in [0.3, 0.4) is 0 Å². The molecular formula is C15H14F3NO2S2. The summed E-state index contributed by atoms with van der Waals surface area (Å²) in [6.45, 7) is 0.0898. The minimum atomic E-state index is -4.09. The normalized spacial score (nSPS) is 11.6. The quantitative estimate of drug-likeness (QED) is 0.606. The summed E-state index contributed by atoms with van der Waals surface area (Å²) >= 11 is 1.45. The van der Waals surface area contributed by atoms with Crippen molar-refractivity contribution in [1.82, 2.24) is 4.72 Å². The van der Waals surface area contributed by atoms with Crippen LogP contribution < -0.4 is 4.72 Å². The molecule has 1 N–H and O–H groups in total. The lowest BCUT2D eigenvalue weighted by atomic mass is 10.3. The minimum absolute atomic E-state index is 0.0898. The SMILES string of the molecule is O=S(=O)(NCCCSc1ccc(F)cc1)c1cc(F)ccc1F. The number of nitrogens with one attached hydrogen (secondary N) is 1. The molecule has 0 aliphatic heterocycles. The predicted molar refractivity (Wildman–Crippen MR) is 83.3 cm³/mol. The molecule has 0 aliphatic carbocycles. The highest BCUT2D eigenvalue weighted by molar-refractivity contribution is 7.99. The first-order chi connectivity index (χ1) is 10.9. The molecule has 0 radical (unpaired) electrons. The maximum absolute atomic E-state index is 13.5. The lowest BCUT2D eigenvalue weighted by Crippen LogP contribution is -2.26. The lowest BCUT2D eigenvalue weighted by molar-refractivity contribution is 0.545. The molecule has 0 saturated heterocycles. The van der Waals surface area contributed by atoms with Crippen LogP contribution in [0, 0.1) is 17.5 Å². The average Bonchev–Trinajstić information content (AvgIpc) is 2.51. The van der Waals surface area contributed by atoms with E-state index in [-0.39, 0.29) is 12.4 Å². The van der Waals surface area contributed by atoms with E-state index in [2.05, 4.69) is 4.72 Å². The summed E-state index contributed by atoms with van der Waals surface area (Å²) in [6, 6.07) is 8.22. The van der Waals surface area contributed by atoms with E-state index in [0.29, 0.717) is 18.2 Å². The maximum Gasteiger partial charge on any atom is 0.243 e. The van der Waals surface area contributed by atoms with Gasteiger partial charge in [-0.1, -0.05) is 0 Å². The van der Waals surface area contributed by atoms with Crippen molar-refractivity contribution >= 4 is 21.8 Å².